The molecule has 0 aromatic heterocycles. The molecule has 0 radical (unpaired) electrons. The first-order valence-corrected chi connectivity index (χ1v) is 13.6. The molecule has 5 aromatic carbocycles. The SMILES string of the molecule is COc1cc2c(cc1OCc1ccccc1)-c1cc(OCc3ccccc3)c(OC)cc1C(C)(c1ccccc1)O2. The lowest BCUT2D eigenvalue weighted by atomic mass is 9.80. The topological polar surface area (TPSA) is 46.2 Å². The Morgan fingerprint density at radius 1 is 0.561 bits per heavy atom. The minimum Gasteiger partial charge on any atom is -0.493 e. The van der Waals surface area contributed by atoms with E-state index in [0.717, 1.165) is 33.4 Å². The molecule has 1 heterocycles. The predicted octanol–water partition coefficient (Wildman–Crippen LogP) is 8.18. The van der Waals surface area contributed by atoms with Crippen molar-refractivity contribution in [2.45, 2.75) is 25.7 Å². The van der Waals surface area contributed by atoms with Gasteiger partial charge in [-0.15, -0.1) is 0 Å². The summed E-state index contributed by atoms with van der Waals surface area (Å²) in [4.78, 5) is 0. The molecular formula is C36H32O5. The molecule has 5 heteroatoms. The highest BCUT2D eigenvalue weighted by Gasteiger charge is 2.40. The van der Waals surface area contributed by atoms with Gasteiger partial charge in [0.2, 0.25) is 0 Å². The predicted molar refractivity (Wildman–Crippen MR) is 160 cm³/mol. The first-order chi connectivity index (χ1) is 20.1. The molecule has 0 saturated heterocycles. The first-order valence-electron chi connectivity index (χ1n) is 13.6. The minimum absolute atomic E-state index is 0.416. The Morgan fingerprint density at radius 2 is 1.05 bits per heavy atom. The standard InChI is InChI=1S/C36H32O5/c1-36(27-17-11-6-12-18-27)30-21-32(37-2)34(39-23-25-13-7-4-8-14-25)19-28(30)29-20-35(33(38-3)22-31(29)41-36)40-24-26-15-9-5-10-16-26/h4-22H,23-24H2,1-3H3. The monoisotopic (exact) mass is 544 g/mol. The lowest BCUT2D eigenvalue weighted by Crippen LogP contribution is -2.34. The molecule has 5 nitrogen and oxygen atoms in total. The summed E-state index contributed by atoms with van der Waals surface area (Å²) in [5.41, 5.74) is 5.23. The molecule has 0 fully saturated rings. The molecule has 1 aliphatic heterocycles. The fourth-order valence-electron chi connectivity index (χ4n) is 5.27. The van der Waals surface area contributed by atoms with Gasteiger partial charge in [0.1, 0.15) is 19.0 Å². The van der Waals surface area contributed by atoms with Crippen LogP contribution in [0.15, 0.2) is 115 Å². The molecule has 1 atom stereocenters. The van der Waals surface area contributed by atoms with Crippen molar-refractivity contribution in [3.05, 3.63) is 138 Å². The minimum atomic E-state index is -0.785. The maximum Gasteiger partial charge on any atom is 0.164 e. The van der Waals surface area contributed by atoms with Crippen LogP contribution >= 0.6 is 0 Å². The Labute approximate surface area is 240 Å². The van der Waals surface area contributed by atoms with Gasteiger partial charge >= 0.3 is 0 Å². The van der Waals surface area contributed by atoms with Crippen LogP contribution in [0.4, 0.5) is 0 Å². The van der Waals surface area contributed by atoms with Crippen LogP contribution in [0.2, 0.25) is 0 Å². The number of benzene rings is 5. The number of hydrogen-bond donors (Lipinski definition) is 0. The van der Waals surface area contributed by atoms with Crippen LogP contribution in [0.1, 0.15) is 29.2 Å². The first kappa shape index (κ1) is 26.3. The van der Waals surface area contributed by atoms with Gasteiger partial charge in [0.05, 0.1) is 14.2 Å². The summed E-state index contributed by atoms with van der Waals surface area (Å²) in [7, 11) is 3.31. The maximum atomic E-state index is 6.83. The zero-order valence-corrected chi connectivity index (χ0v) is 23.4. The van der Waals surface area contributed by atoms with Crippen molar-refractivity contribution < 1.29 is 23.7 Å². The lowest BCUT2D eigenvalue weighted by molar-refractivity contribution is 0.127. The molecule has 41 heavy (non-hydrogen) atoms. The van der Waals surface area contributed by atoms with Crippen molar-refractivity contribution in [3.63, 3.8) is 0 Å². The molecule has 206 valence electrons. The highest BCUT2D eigenvalue weighted by atomic mass is 16.5. The van der Waals surface area contributed by atoms with Gasteiger partial charge in [-0.25, -0.2) is 0 Å². The van der Waals surface area contributed by atoms with E-state index in [-0.39, 0.29) is 0 Å². The van der Waals surface area contributed by atoms with Gasteiger partial charge in [-0.3, -0.25) is 0 Å². The summed E-state index contributed by atoms with van der Waals surface area (Å²) >= 11 is 0. The number of rotatable bonds is 9. The molecule has 0 aliphatic carbocycles. The molecule has 0 amide bonds. The van der Waals surface area contributed by atoms with Crippen LogP contribution in [-0.2, 0) is 18.8 Å². The van der Waals surface area contributed by atoms with Crippen molar-refractivity contribution in [1.29, 1.82) is 0 Å². The number of methoxy groups -OCH3 is 2. The van der Waals surface area contributed by atoms with E-state index in [1.54, 1.807) is 14.2 Å². The van der Waals surface area contributed by atoms with Gasteiger partial charge in [-0.1, -0.05) is 91.0 Å². The maximum absolute atomic E-state index is 6.83. The summed E-state index contributed by atoms with van der Waals surface area (Å²) in [6.07, 6.45) is 0. The zero-order chi connectivity index (χ0) is 28.2. The summed E-state index contributed by atoms with van der Waals surface area (Å²) in [5, 5.41) is 0. The second kappa shape index (κ2) is 11.3. The average molecular weight is 545 g/mol. The van der Waals surface area contributed by atoms with Gasteiger partial charge in [0.15, 0.2) is 28.6 Å². The lowest BCUT2D eigenvalue weighted by Gasteiger charge is -2.39. The van der Waals surface area contributed by atoms with Crippen LogP contribution in [-0.4, -0.2) is 14.2 Å². The number of fused-ring (bicyclic) bond motifs is 3. The van der Waals surface area contributed by atoms with E-state index in [1.807, 2.05) is 103 Å². The van der Waals surface area contributed by atoms with Crippen LogP contribution in [0, 0.1) is 0 Å². The molecule has 0 spiro atoms. The second-order valence-corrected chi connectivity index (χ2v) is 10.1. The summed E-state index contributed by atoms with van der Waals surface area (Å²) in [6, 6.07) is 38.4. The van der Waals surface area contributed by atoms with Crippen LogP contribution in [0.3, 0.4) is 0 Å². The van der Waals surface area contributed by atoms with E-state index in [1.165, 1.54) is 0 Å². The van der Waals surface area contributed by atoms with Gasteiger partial charge in [0, 0.05) is 17.2 Å². The summed E-state index contributed by atoms with van der Waals surface area (Å²) in [5.74, 6) is 3.24. The van der Waals surface area contributed by atoms with Crippen LogP contribution in [0.25, 0.3) is 11.1 Å². The van der Waals surface area contributed by atoms with Crippen molar-refractivity contribution in [3.8, 4) is 39.9 Å². The molecule has 0 bridgehead atoms. The number of ether oxygens (including phenoxy) is 5. The van der Waals surface area contributed by atoms with Gasteiger partial charge in [0.25, 0.3) is 0 Å². The molecule has 6 rings (SSSR count). The Morgan fingerprint density at radius 3 is 1.59 bits per heavy atom. The Kier molecular flexibility index (Phi) is 7.26. The zero-order valence-electron chi connectivity index (χ0n) is 23.4. The van der Waals surface area contributed by atoms with Gasteiger partial charge in [-0.05, 0) is 47.4 Å². The third-order valence-electron chi connectivity index (χ3n) is 7.49. The molecular weight excluding hydrogens is 512 g/mol. The normalized spacial score (nSPS) is 15.2. The summed E-state index contributed by atoms with van der Waals surface area (Å²) in [6.45, 7) is 2.92. The van der Waals surface area contributed by atoms with E-state index in [0.29, 0.717) is 42.0 Å². The third kappa shape index (κ3) is 5.19. The van der Waals surface area contributed by atoms with E-state index in [4.69, 9.17) is 23.7 Å². The van der Waals surface area contributed by atoms with Crippen molar-refractivity contribution in [2.24, 2.45) is 0 Å². The Balaban J connectivity index is 1.47. The molecule has 0 N–H and O–H groups in total. The van der Waals surface area contributed by atoms with Crippen molar-refractivity contribution in [1.82, 2.24) is 0 Å². The smallest absolute Gasteiger partial charge is 0.164 e. The molecule has 1 aliphatic rings. The van der Waals surface area contributed by atoms with E-state index in [9.17, 15) is 0 Å². The van der Waals surface area contributed by atoms with Gasteiger partial charge in [-0.2, -0.15) is 0 Å². The van der Waals surface area contributed by atoms with Crippen molar-refractivity contribution >= 4 is 0 Å². The van der Waals surface area contributed by atoms with Crippen LogP contribution < -0.4 is 23.7 Å². The fourth-order valence-corrected chi connectivity index (χ4v) is 5.27. The van der Waals surface area contributed by atoms with Gasteiger partial charge < -0.3 is 23.7 Å². The molecule has 0 saturated carbocycles. The number of hydrogen-bond acceptors (Lipinski definition) is 5. The summed E-state index contributed by atoms with van der Waals surface area (Å²) < 4.78 is 31.0. The largest absolute Gasteiger partial charge is 0.493 e. The third-order valence-corrected chi connectivity index (χ3v) is 7.49. The molecule has 1 unspecified atom stereocenters. The highest BCUT2D eigenvalue weighted by Crippen LogP contribution is 2.53. The van der Waals surface area contributed by atoms with E-state index >= 15 is 0 Å². The van der Waals surface area contributed by atoms with E-state index in [2.05, 4.69) is 19.1 Å². The second-order valence-electron chi connectivity index (χ2n) is 10.1. The highest BCUT2D eigenvalue weighted by molar-refractivity contribution is 5.82. The van der Waals surface area contributed by atoms with Crippen molar-refractivity contribution in [2.75, 3.05) is 14.2 Å². The Hall–Kier alpha value is -4.90. The quantitative estimate of drug-likeness (QED) is 0.187. The van der Waals surface area contributed by atoms with E-state index < -0.39 is 5.60 Å². The Bertz CT molecular complexity index is 1630. The fraction of sp³-hybridized carbons (Fsp3) is 0.167. The van der Waals surface area contributed by atoms with Crippen LogP contribution in [0.5, 0.6) is 28.7 Å². The molecule has 5 aromatic rings. The average Bonchev–Trinajstić information content (AvgIpc) is 3.03.